The number of aromatic nitrogens is 3. The van der Waals surface area contributed by atoms with E-state index < -0.39 is 5.97 Å². The van der Waals surface area contributed by atoms with Gasteiger partial charge in [-0.25, -0.2) is 14.5 Å². The van der Waals surface area contributed by atoms with Crippen molar-refractivity contribution in [3.63, 3.8) is 0 Å². The van der Waals surface area contributed by atoms with Crippen LogP contribution in [0.5, 0.6) is 0 Å². The molecule has 2 aromatic rings. The molecule has 1 saturated heterocycles. The number of carboxylic acid groups (broad SMARTS) is 1. The number of carbonyl (C=O) groups is 1. The molecule has 0 bridgehead atoms. The first-order chi connectivity index (χ1) is 9.59. The van der Waals surface area contributed by atoms with Crippen molar-refractivity contribution in [2.45, 2.75) is 25.8 Å². The van der Waals surface area contributed by atoms with E-state index in [2.05, 4.69) is 10.1 Å². The molecule has 106 valence electrons. The second kappa shape index (κ2) is 5.03. The van der Waals surface area contributed by atoms with Gasteiger partial charge in [0.25, 0.3) is 0 Å². The van der Waals surface area contributed by atoms with E-state index >= 15 is 0 Å². The van der Waals surface area contributed by atoms with E-state index in [0.29, 0.717) is 29.9 Å². The number of rotatable bonds is 2. The Morgan fingerprint density at radius 2 is 2.20 bits per heavy atom. The highest BCUT2D eigenvalue weighted by molar-refractivity contribution is 6.38. The van der Waals surface area contributed by atoms with Gasteiger partial charge < -0.3 is 9.84 Å². The molecule has 3 heterocycles. The van der Waals surface area contributed by atoms with Crippen molar-refractivity contribution in [1.29, 1.82) is 0 Å². The number of ether oxygens (including phenoxy) is 1. The zero-order chi connectivity index (χ0) is 14.3. The van der Waals surface area contributed by atoms with Crippen molar-refractivity contribution in [3.05, 3.63) is 22.5 Å². The molecule has 0 atom stereocenters. The number of nitrogens with zero attached hydrogens (tertiary/aromatic N) is 3. The van der Waals surface area contributed by atoms with Gasteiger partial charge in [-0.15, -0.1) is 0 Å². The molecule has 1 aliphatic heterocycles. The highest BCUT2D eigenvalue weighted by atomic mass is 35.5. The largest absolute Gasteiger partial charge is 0.478 e. The molecule has 1 aliphatic rings. The third kappa shape index (κ3) is 2.05. The van der Waals surface area contributed by atoms with Crippen LogP contribution in [0, 0.1) is 6.92 Å². The van der Waals surface area contributed by atoms with Crippen LogP contribution in [0.4, 0.5) is 0 Å². The Labute approximate surface area is 120 Å². The molecule has 0 unspecified atom stereocenters. The van der Waals surface area contributed by atoms with Crippen LogP contribution >= 0.6 is 11.6 Å². The number of fused-ring (bicyclic) bond motifs is 1. The summed E-state index contributed by atoms with van der Waals surface area (Å²) in [7, 11) is 0. The second-order valence-corrected chi connectivity index (χ2v) is 5.24. The maximum atomic E-state index is 11.1. The Morgan fingerprint density at radius 1 is 1.50 bits per heavy atom. The average Bonchev–Trinajstić information content (AvgIpc) is 2.78. The normalized spacial score (nSPS) is 16.7. The van der Waals surface area contributed by atoms with Gasteiger partial charge >= 0.3 is 5.97 Å². The third-order valence-electron chi connectivity index (χ3n) is 3.60. The summed E-state index contributed by atoms with van der Waals surface area (Å²) < 4.78 is 7.20. The van der Waals surface area contributed by atoms with Gasteiger partial charge in [0.15, 0.2) is 5.65 Å². The van der Waals surface area contributed by atoms with Crippen molar-refractivity contribution in [1.82, 2.24) is 14.8 Å². The number of halogens is 1. The van der Waals surface area contributed by atoms with Crippen LogP contribution in [0.2, 0.25) is 5.02 Å². The van der Waals surface area contributed by atoms with Gasteiger partial charge in [0.05, 0.1) is 27.7 Å². The Balaban J connectivity index is 2.16. The number of aromatic carboxylic acids is 1. The van der Waals surface area contributed by atoms with Gasteiger partial charge in [-0.05, 0) is 19.8 Å². The van der Waals surface area contributed by atoms with E-state index in [9.17, 15) is 4.79 Å². The minimum Gasteiger partial charge on any atom is -0.478 e. The minimum absolute atomic E-state index is 0.00814. The van der Waals surface area contributed by atoms with E-state index in [1.807, 2.05) is 11.6 Å². The monoisotopic (exact) mass is 295 g/mol. The van der Waals surface area contributed by atoms with Crippen molar-refractivity contribution in [2.75, 3.05) is 13.2 Å². The summed E-state index contributed by atoms with van der Waals surface area (Å²) >= 11 is 6.20. The molecule has 0 saturated carbocycles. The number of pyridine rings is 1. The summed E-state index contributed by atoms with van der Waals surface area (Å²) in [6, 6.07) is 0.221. The quantitative estimate of drug-likeness (QED) is 0.921. The molecule has 0 radical (unpaired) electrons. The third-order valence-corrected chi connectivity index (χ3v) is 3.99. The molecule has 1 fully saturated rings. The fraction of sp³-hybridized carbons (Fsp3) is 0.462. The SMILES string of the molecule is Cc1nn(C2CCOCC2)c2ncc(C(=O)O)c(Cl)c12. The van der Waals surface area contributed by atoms with Crippen LogP contribution < -0.4 is 0 Å². The van der Waals surface area contributed by atoms with Gasteiger partial charge in [0, 0.05) is 19.4 Å². The van der Waals surface area contributed by atoms with Crippen molar-refractivity contribution in [3.8, 4) is 0 Å². The lowest BCUT2D eigenvalue weighted by Crippen LogP contribution is -2.20. The minimum atomic E-state index is -1.08. The summed E-state index contributed by atoms with van der Waals surface area (Å²) in [6.07, 6.45) is 3.04. The molecule has 2 aromatic heterocycles. The lowest BCUT2D eigenvalue weighted by molar-refractivity contribution is 0.0672. The van der Waals surface area contributed by atoms with Gasteiger partial charge in [0.1, 0.15) is 0 Å². The predicted octanol–water partition coefficient (Wildman–Crippen LogP) is 2.44. The fourth-order valence-electron chi connectivity index (χ4n) is 2.57. The molecule has 0 aliphatic carbocycles. The lowest BCUT2D eigenvalue weighted by atomic mass is 10.1. The maximum absolute atomic E-state index is 11.1. The smallest absolute Gasteiger partial charge is 0.338 e. The second-order valence-electron chi connectivity index (χ2n) is 4.86. The summed E-state index contributed by atoms with van der Waals surface area (Å²) in [5, 5.41) is 14.4. The fourth-order valence-corrected chi connectivity index (χ4v) is 2.92. The Kier molecular flexibility index (Phi) is 3.35. The molecule has 0 amide bonds. The molecular formula is C13H14ClN3O3. The van der Waals surface area contributed by atoms with Gasteiger partial charge in [-0.2, -0.15) is 5.10 Å². The molecule has 6 nitrogen and oxygen atoms in total. The van der Waals surface area contributed by atoms with Crippen LogP contribution in [-0.2, 0) is 4.74 Å². The Bertz CT molecular complexity index is 677. The molecular weight excluding hydrogens is 282 g/mol. The lowest BCUT2D eigenvalue weighted by Gasteiger charge is -2.22. The van der Waals surface area contributed by atoms with Crippen molar-refractivity contribution in [2.24, 2.45) is 0 Å². The summed E-state index contributed by atoms with van der Waals surface area (Å²) in [5.74, 6) is -1.08. The Hall–Kier alpha value is -1.66. The molecule has 0 spiro atoms. The van der Waals surface area contributed by atoms with Crippen LogP contribution in [0.3, 0.4) is 0 Å². The highest BCUT2D eigenvalue weighted by Gasteiger charge is 2.23. The Morgan fingerprint density at radius 3 is 2.85 bits per heavy atom. The average molecular weight is 296 g/mol. The van der Waals surface area contributed by atoms with Crippen LogP contribution in [0.1, 0.15) is 34.9 Å². The summed E-state index contributed by atoms with van der Waals surface area (Å²) in [4.78, 5) is 15.4. The van der Waals surface area contributed by atoms with Gasteiger partial charge in [-0.1, -0.05) is 11.6 Å². The summed E-state index contributed by atoms with van der Waals surface area (Å²) in [5.41, 5.74) is 1.35. The first kappa shape index (κ1) is 13.3. The maximum Gasteiger partial charge on any atom is 0.338 e. The summed E-state index contributed by atoms with van der Waals surface area (Å²) in [6.45, 7) is 3.22. The number of carboxylic acids is 1. The van der Waals surface area contributed by atoms with Crippen LogP contribution in [-0.4, -0.2) is 39.1 Å². The standard InChI is InChI=1S/C13H14ClN3O3/c1-7-10-11(14)9(13(18)19)6-15-12(10)17(16-7)8-2-4-20-5-3-8/h6,8H,2-5H2,1H3,(H,18,19). The van der Waals surface area contributed by atoms with Crippen LogP contribution in [0.25, 0.3) is 11.0 Å². The molecule has 7 heteroatoms. The number of aryl methyl sites for hydroxylation is 1. The molecule has 3 rings (SSSR count). The number of hydrogen-bond acceptors (Lipinski definition) is 4. The van der Waals surface area contributed by atoms with Crippen molar-refractivity contribution < 1.29 is 14.6 Å². The number of hydrogen-bond donors (Lipinski definition) is 1. The predicted molar refractivity (Wildman–Crippen MR) is 73.3 cm³/mol. The first-order valence-electron chi connectivity index (χ1n) is 6.44. The van der Waals surface area contributed by atoms with Crippen LogP contribution in [0.15, 0.2) is 6.20 Å². The van der Waals surface area contributed by atoms with Gasteiger partial charge in [0.2, 0.25) is 0 Å². The molecule has 20 heavy (non-hydrogen) atoms. The van der Waals surface area contributed by atoms with E-state index in [0.717, 1.165) is 12.8 Å². The highest BCUT2D eigenvalue weighted by Crippen LogP contribution is 2.32. The van der Waals surface area contributed by atoms with Gasteiger partial charge in [-0.3, -0.25) is 0 Å². The topological polar surface area (TPSA) is 77.2 Å². The zero-order valence-electron chi connectivity index (χ0n) is 11.0. The van der Waals surface area contributed by atoms with E-state index in [1.54, 1.807) is 0 Å². The van der Waals surface area contributed by atoms with E-state index in [-0.39, 0.29) is 16.6 Å². The first-order valence-corrected chi connectivity index (χ1v) is 6.81. The molecule has 0 aromatic carbocycles. The van der Waals surface area contributed by atoms with E-state index in [4.69, 9.17) is 21.4 Å². The zero-order valence-corrected chi connectivity index (χ0v) is 11.7. The van der Waals surface area contributed by atoms with Crippen molar-refractivity contribution >= 4 is 28.6 Å². The van der Waals surface area contributed by atoms with E-state index in [1.165, 1.54) is 6.20 Å². The molecule has 1 N–H and O–H groups in total.